The lowest BCUT2D eigenvalue weighted by atomic mass is 10.5. The van der Waals surface area contributed by atoms with E-state index >= 15 is 0 Å². The number of aromatic amines is 4. The fourth-order valence-electron chi connectivity index (χ4n) is 4.39. The van der Waals surface area contributed by atoms with Crippen LogP contribution < -0.4 is 16.7 Å². The Hall–Kier alpha value is -3.69. The van der Waals surface area contributed by atoms with Gasteiger partial charge in [0.25, 0.3) is 16.7 Å². The molecule has 0 aliphatic rings. The molecular weight excluding hydrogens is 878 g/mol. The summed E-state index contributed by atoms with van der Waals surface area (Å²) in [6, 6.07) is 4.42. The average molecular weight is 929 g/mol. The number of rotatable bonds is 10. The summed E-state index contributed by atoms with van der Waals surface area (Å²) in [4.78, 5) is 64.8. The molecule has 0 bridgehead atoms. The Kier molecular flexibility index (Phi) is 29.5. The van der Waals surface area contributed by atoms with Gasteiger partial charge >= 0.3 is 0 Å². The number of H-pyrrole nitrogens is 4. The fourth-order valence-corrected chi connectivity index (χ4v) is 6.65. The van der Waals surface area contributed by atoms with E-state index in [0.29, 0.717) is 32.5 Å². The minimum atomic E-state index is -0.156. The molecule has 0 aliphatic carbocycles. The van der Waals surface area contributed by atoms with Gasteiger partial charge in [0.15, 0.2) is 15.1 Å². The van der Waals surface area contributed by atoms with E-state index in [2.05, 4.69) is 87.0 Å². The molecule has 6 aromatic rings. The topological polar surface area (TPSA) is 214 Å². The van der Waals surface area contributed by atoms with Gasteiger partial charge in [0.1, 0.15) is 17.5 Å². The number of alkyl halides is 1. The number of aryl methyl sites for hydroxylation is 6. The van der Waals surface area contributed by atoms with Gasteiger partial charge < -0.3 is 33.8 Å². The molecule has 6 aromatic heterocycles. The maximum atomic E-state index is 11.3. The molecule has 0 spiro atoms. The summed E-state index contributed by atoms with van der Waals surface area (Å²) in [6.45, 7) is 14.4. The van der Waals surface area contributed by atoms with Crippen LogP contribution in [0.4, 0.5) is 0 Å². The second-order valence-corrected chi connectivity index (χ2v) is 13.4. The Morgan fingerprint density at radius 3 is 1.32 bits per heavy atom. The maximum Gasteiger partial charge on any atom is 0.251 e. The lowest BCUT2D eigenvalue weighted by Crippen LogP contribution is -2.08. The third-order valence-corrected chi connectivity index (χ3v) is 9.00. The Morgan fingerprint density at radius 2 is 1.00 bits per heavy atom. The van der Waals surface area contributed by atoms with Gasteiger partial charge in [-0.25, -0.2) is 24.9 Å². The number of imidazole rings is 3. The van der Waals surface area contributed by atoms with Gasteiger partial charge in [0, 0.05) is 99.2 Å². The normalized spacial score (nSPS) is 9.56. The summed E-state index contributed by atoms with van der Waals surface area (Å²) >= 11 is 13.2. The Bertz CT molecular complexity index is 2090. The molecule has 0 unspecified atom stereocenters. The largest absolute Gasteiger partial charge is 0.400 e. The summed E-state index contributed by atoms with van der Waals surface area (Å²) in [5.41, 5.74) is 1.86. The molecule has 0 saturated carbocycles. The molecule has 23 heteroatoms. The number of nitrogens with zero attached hydrogens (tertiary/aromatic N) is 8. The Morgan fingerprint density at radius 1 is 0.632 bits per heavy atom. The SMILES string of the molecule is CCn1ccnc1CCl.CCn1ccnc1CSc1nc(C)cc(=O)[nH]1.CCn1ccnc1CSc1nc(C)cc(=O)[nH]1.CO.Cc1cc(=O)[nH]c(=S)[nH]1.Cl.Cl.Cl. The van der Waals surface area contributed by atoms with Gasteiger partial charge in [-0.2, -0.15) is 0 Å². The highest BCUT2D eigenvalue weighted by atomic mass is 35.5. The minimum absolute atomic E-state index is 0. The monoisotopic (exact) mass is 926 g/mol. The van der Waals surface area contributed by atoms with Crippen molar-refractivity contribution < 1.29 is 5.11 Å². The standard InChI is InChI=1S/2C11H14N4OS.C6H9ClN2.C5H6N2OS.CH4O.3ClH/c2*1-3-15-5-4-12-9(15)7-17-11-13-8(2)6-10(16)14-11;1-2-9-4-3-8-6(9)5-7;1-3-2-4(8)7-5(9)6-3;1-2;;;/h2*4-6H,3,7H2,1-2H3,(H,13,14,16);3-4H,2,5H2,1H3;2H,1H3,(H2,6,7,8,9);2H,1H3;3*1H. The first-order valence-corrected chi connectivity index (χ1v) is 19.6. The summed E-state index contributed by atoms with van der Waals surface area (Å²) in [5.74, 6) is 4.82. The first-order chi connectivity index (χ1) is 25.9. The third-order valence-electron chi connectivity index (χ3n) is 6.81. The number of thioether (sulfide) groups is 2. The van der Waals surface area contributed by atoms with Crippen LogP contribution in [0.1, 0.15) is 55.3 Å². The van der Waals surface area contributed by atoms with Crippen LogP contribution in [0.3, 0.4) is 0 Å². The van der Waals surface area contributed by atoms with E-state index in [4.69, 9.17) is 16.7 Å². The van der Waals surface area contributed by atoms with Crippen LogP contribution >= 0.6 is 84.6 Å². The van der Waals surface area contributed by atoms with E-state index in [0.717, 1.165) is 61.3 Å². The fraction of sp³-hybridized carbons (Fsp3) is 0.382. The molecule has 16 nitrogen and oxygen atoms in total. The molecule has 57 heavy (non-hydrogen) atoms. The van der Waals surface area contributed by atoms with Gasteiger partial charge in [-0.15, -0.1) is 48.8 Å². The lowest BCUT2D eigenvalue weighted by molar-refractivity contribution is 0.399. The van der Waals surface area contributed by atoms with Gasteiger partial charge in [-0.1, -0.05) is 23.5 Å². The van der Waals surface area contributed by atoms with E-state index in [1.807, 2.05) is 37.0 Å². The number of aromatic nitrogens is 12. The highest BCUT2D eigenvalue weighted by Gasteiger charge is 2.06. The molecule has 0 saturated heterocycles. The number of hydrogen-bond donors (Lipinski definition) is 5. The zero-order chi connectivity index (χ0) is 40.0. The number of hydrogen-bond acceptors (Lipinski definition) is 12. The molecule has 0 aromatic carbocycles. The predicted molar refractivity (Wildman–Crippen MR) is 238 cm³/mol. The maximum absolute atomic E-state index is 11.3. The van der Waals surface area contributed by atoms with Crippen LogP contribution in [0.15, 0.2) is 80.1 Å². The van der Waals surface area contributed by atoms with Crippen LogP contribution in [0, 0.1) is 25.5 Å². The highest BCUT2D eigenvalue weighted by molar-refractivity contribution is 7.98. The third kappa shape index (κ3) is 20.5. The predicted octanol–water partition coefficient (Wildman–Crippen LogP) is 6.43. The second-order valence-electron chi connectivity index (χ2n) is 10.8. The number of aliphatic hydroxyl groups is 1. The number of nitrogens with one attached hydrogen (secondary N) is 4. The van der Waals surface area contributed by atoms with Crippen molar-refractivity contribution in [2.75, 3.05) is 7.11 Å². The molecule has 0 aliphatic heterocycles. The summed E-state index contributed by atoms with van der Waals surface area (Å²) in [5, 5.41) is 8.28. The van der Waals surface area contributed by atoms with Crippen LogP contribution in [0.5, 0.6) is 0 Å². The Labute approximate surface area is 367 Å². The van der Waals surface area contributed by atoms with E-state index in [-0.39, 0.29) is 53.9 Å². The summed E-state index contributed by atoms with van der Waals surface area (Å²) in [7, 11) is 1.00. The van der Waals surface area contributed by atoms with Gasteiger partial charge in [-0.3, -0.25) is 19.4 Å². The zero-order valence-corrected chi connectivity index (χ0v) is 38.2. The molecule has 0 radical (unpaired) electrons. The average Bonchev–Trinajstić information content (AvgIpc) is 3.91. The summed E-state index contributed by atoms with van der Waals surface area (Å²) < 4.78 is 6.54. The summed E-state index contributed by atoms with van der Waals surface area (Å²) in [6.07, 6.45) is 11.2. The molecule has 5 N–H and O–H groups in total. The first-order valence-electron chi connectivity index (χ1n) is 16.7. The Balaban J connectivity index is 0. The number of halogens is 4. The van der Waals surface area contributed by atoms with Gasteiger partial charge in [0.05, 0.1) is 17.4 Å². The van der Waals surface area contributed by atoms with Crippen molar-refractivity contribution in [1.29, 1.82) is 0 Å². The van der Waals surface area contributed by atoms with E-state index in [1.54, 1.807) is 25.5 Å². The van der Waals surface area contributed by atoms with Crippen LogP contribution in [-0.2, 0) is 37.0 Å². The molecule has 6 rings (SSSR count). The number of aliphatic hydroxyl groups excluding tert-OH is 1. The molecular formula is C34H50Cl4N12O4S3. The van der Waals surface area contributed by atoms with Crippen molar-refractivity contribution in [3.63, 3.8) is 0 Å². The second kappa shape index (κ2) is 30.4. The molecule has 0 atom stereocenters. The van der Waals surface area contributed by atoms with Crippen LogP contribution in [0.2, 0.25) is 0 Å². The van der Waals surface area contributed by atoms with Gasteiger partial charge in [0.2, 0.25) is 0 Å². The van der Waals surface area contributed by atoms with Crippen molar-refractivity contribution >= 4 is 84.6 Å². The smallest absolute Gasteiger partial charge is 0.251 e. The van der Waals surface area contributed by atoms with Crippen LogP contribution in [0.25, 0.3) is 0 Å². The molecule has 0 amide bonds. The quantitative estimate of drug-likeness (QED) is 0.0435. The molecule has 6 heterocycles. The van der Waals surface area contributed by atoms with E-state index in [1.165, 1.54) is 41.7 Å². The van der Waals surface area contributed by atoms with E-state index in [9.17, 15) is 14.4 Å². The zero-order valence-electron chi connectivity index (χ0n) is 32.5. The van der Waals surface area contributed by atoms with Crippen molar-refractivity contribution in [1.82, 2.24) is 58.6 Å². The lowest BCUT2D eigenvalue weighted by Gasteiger charge is -2.04. The van der Waals surface area contributed by atoms with Crippen molar-refractivity contribution in [2.45, 2.75) is 88.9 Å². The van der Waals surface area contributed by atoms with Crippen molar-refractivity contribution in [2.24, 2.45) is 0 Å². The molecule has 316 valence electrons. The van der Waals surface area contributed by atoms with Gasteiger partial charge in [-0.05, 0) is 53.8 Å². The molecule has 0 fully saturated rings. The van der Waals surface area contributed by atoms with Crippen LogP contribution in [-0.4, -0.2) is 70.8 Å². The first kappa shape index (κ1) is 55.4. The van der Waals surface area contributed by atoms with Crippen molar-refractivity contribution in [3.05, 3.63) is 126 Å². The highest BCUT2D eigenvalue weighted by Crippen LogP contribution is 2.18. The minimum Gasteiger partial charge on any atom is -0.400 e. The van der Waals surface area contributed by atoms with Crippen molar-refractivity contribution in [3.8, 4) is 0 Å². The van der Waals surface area contributed by atoms with E-state index < -0.39 is 0 Å².